The second-order valence-electron chi connectivity index (χ2n) is 6.44. The van der Waals surface area contributed by atoms with Crippen LogP contribution < -0.4 is 10.1 Å². The van der Waals surface area contributed by atoms with Crippen LogP contribution in [-0.4, -0.2) is 66.1 Å². The zero-order valence-electron chi connectivity index (χ0n) is 14.0. The molecule has 1 aliphatic heterocycles. The number of piperazine rings is 1. The predicted octanol–water partition coefficient (Wildman–Crippen LogP) is 0.875. The lowest BCUT2D eigenvalue weighted by molar-refractivity contribution is -0.126. The van der Waals surface area contributed by atoms with Gasteiger partial charge in [0.25, 0.3) is 0 Å². The van der Waals surface area contributed by atoms with Crippen molar-refractivity contribution in [2.45, 2.75) is 38.4 Å². The van der Waals surface area contributed by atoms with Crippen LogP contribution in [0.15, 0.2) is 18.3 Å². The van der Waals surface area contributed by atoms with Crippen LogP contribution in [0.3, 0.4) is 0 Å². The summed E-state index contributed by atoms with van der Waals surface area (Å²) in [5.74, 6) is 0.877. The van der Waals surface area contributed by atoms with E-state index in [9.17, 15) is 4.79 Å². The predicted molar refractivity (Wildman–Crippen MR) is 88.3 cm³/mol. The quantitative estimate of drug-likeness (QED) is 0.844. The van der Waals surface area contributed by atoms with Gasteiger partial charge < -0.3 is 10.1 Å². The molecule has 2 fully saturated rings. The number of hydrogen-bond acceptors (Lipinski definition) is 5. The highest BCUT2D eigenvalue weighted by atomic mass is 16.5. The number of nitrogens with one attached hydrogen (secondary N) is 1. The molecule has 2 aliphatic rings. The molecule has 126 valence electrons. The van der Waals surface area contributed by atoms with E-state index in [0.29, 0.717) is 11.9 Å². The Morgan fingerprint density at radius 2 is 2.13 bits per heavy atom. The molecule has 6 nitrogen and oxygen atoms in total. The van der Waals surface area contributed by atoms with Crippen LogP contribution in [0.5, 0.6) is 5.88 Å². The molecule has 1 N–H and O–H groups in total. The summed E-state index contributed by atoms with van der Waals surface area (Å²) < 4.78 is 5.32. The van der Waals surface area contributed by atoms with Gasteiger partial charge in [-0.3, -0.25) is 14.6 Å². The fourth-order valence-electron chi connectivity index (χ4n) is 2.99. The number of carbonyl (C=O) groups is 1. The van der Waals surface area contributed by atoms with Crippen molar-refractivity contribution < 1.29 is 9.53 Å². The minimum atomic E-state index is -0.0364. The summed E-state index contributed by atoms with van der Waals surface area (Å²) in [5.41, 5.74) is 1.11. The first-order chi connectivity index (χ1) is 11.2. The number of rotatable bonds is 6. The molecule has 0 spiro atoms. The SMILES string of the molecule is COc1ncccc1CN1CCN(C(C)C(=O)NC2CC2)CC1. The van der Waals surface area contributed by atoms with Gasteiger partial charge in [0, 0.05) is 50.5 Å². The van der Waals surface area contributed by atoms with Gasteiger partial charge in [-0.25, -0.2) is 4.98 Å². The van der Waals surface area contributed by atoms with Crippen LogP contribution in [0.25, 0.3) is 0 Å². The van der Waals surface area contributed by atoms with Gasteiger partial charge in [0.15, 0.2) is 0 Å². The van der Waals surface area contributed by atoms with E-state index in [2.05, 4.69) is 26.2 Å². The first-order valence-electron chi connectivity index (χ1n) is 8.42. The topological polar surface area (TPSA) is 57.7 Å². The average Bonchev–Trinajstić information content (AvgIpc) is 3.39. The molecule has 1 aromatic rings. The van der Waals surface area contributed by atoms with E-state index >= 15 is 0 Å². The molecule has 1 unspecified atom stereocenters. The van der Waals surface area contributed by atoms with Crippen molar-refractivity contribution in [3.8, 4) is 5.88 Å². The Labute approximate surface area is 137 Å². The van der Waals surface area contributed by atoms with E-state index in [1.54, 1.807) is 13.3 Å². The van der Waals surface area contributed by atoms with Crippen molar-refractivity contribution in [3.05, 3.63) is 23.9 Å². The lowest BCUT2D eigenvalue weighted by Gasteiger charge is -2.37. The van der Waals surface area contributed by atoms with Crippen molar-refractivity contribution in [1.82, 2.24) is 20.1 Å². The van der Waals surface area contributed by atoms with Gasteiger partial charge >= 0.3 is 0 Å². The Balaban J connectivity index is 1.48. The molecule has 1 saturated carbocycles. The van der Waals surface area contributed by atoms with Crippen LogP contribution >= 0.6 is 0 Å². The third-order valence-electron chi connectivity index (χ3n) is 4.70. The van der Waals surface area contributed by atoms with Gasteiger partial charge in [-0.05, 0) is 25.8 Å². The van der Waals surface area contributed by atoms with E-state index < -0.39 is 0 Å². The first kappa shape index (κ1) is 16.2. The third kappa shape index (κ3) is 4.20. The van der Waals surface area contributed by atoms with E-state index in [1.165, 1.54) is 0 Å². The van der Waals surface area contributed by atoms with Gasteiger partial charge in [0.05, 0.1) is 13.2 Å². The number of ether oxygens (including phenoxy) is 1. The lowest BCUT2D eigenvalue weighted by Crippen LogP contribution is -2.53. The smallest absolute Gasteiger partial charge is 0.237 e. The van der Waals surface area contributed by atoms with Gasteiger partial charge in [0.1, 0.15) is 0 Å². The van der Waals surface area contributed by atoms with Gasteiger partial charge in [-0.2, -0.15) is 0 Å². The fourth-order valence-corrected chi connectivity index (χ4v) is 2.99. The number of carbonyl (C=O) groups excluding carboxylic acids is 1. The molecule has 1 aliphatic carbocycles. The minimum Gasteiger partial charge on any atom is -0.481 e. The second-order valence-corrected chi connectivity index (χ2v) is 6.44. The molecule has 0 bridgehead atoms. The van der Waals surface area contributed by atoms with Crippen LogP contribution in [0, 0.1) is 0 Å². The minimum absolute atomic E-state index is 0.0364. The first-order valence-corrected chi connectivity index (χ1v) is 8.42. The number of hydrogen-bond donors (Lipinski definition) is 1. The van der Waals surface area contributed by atoms with Crippen LogP contribution in [0.2, 0.25) is 0 Å². The van der Waals surface area contributed by atoms with E-state index in [1.807, 2.05) is 13.0 Å². The lowest BCUT2D eigenvalue weighted by atomic mass is 10.2. The maximum Gasteiger partial charge on any atom is 0.237 e. The molecule has 6 heteroatoms. The maximum absolute atomic E-state index is 12.2. The number of aromatic nitrogens is 1. The summed E-state index contributed by atoms with van der Waals surface area (Å²) in [5, 5.41) is 3.10. The summed E-state index contributed by atoms with van der Waals surface area (Å²) in [7, 11) is 1.66. The van der Waals surface area contributed by atoms with Crippen LogP contribution in [0.4, 0.5) is 0 Å². The normalized spacial score (nSPS) is 21.0. The Morgan fingerprint density at radius 1 is 1.39 bits per heavy atom. The number of pyridine rings is 1. The molecule has 2 heterocycles. The van der Waals surface area contributed by atoms with Crippen LogP contribution in [-0.2, 0) is 11.3 Å². The van der Waals surface area contributed by atoms with Crippen molar-refractivity contribution >= 4 is 5.91 Å². The number of nitrogens with zero attached hydrogens (tertiary/aromatic N) is 3. The molecule has 0 radical (unpaired) electrons. The molecule has 0 aromatic carbocycles. The molecule has 1 amide bonds. The highest BCUT2D eigenvalue weighted by molar-refractivity contribution is 5.81. The van der Waals surface area contributed by atoms with E-state index in [4.69, 9.17) is 4.74 Å². The standard InChI is InChI=1S/C17H26N4O2/c1-13(16(22)19-15-5-6-15)21-10-8-20(9-11-21)12-14-4-3-7-18-17(14)23-2/h3-4,7,13,15H,5-6,8-12H2,1-2H3,(H,19,22). The number of amides is 1. The van der Waals surface area contributed by atoms with Crippen molar-refractivity contribution in [1.29, 1.82) is 0 Å². The molecule has 3 rings (SSSR count). The second kappa shape index (κ2) is 7.27. The molecule has 23 heavy (non-hydrogen) atoms. The summed E-state index contributed by atoms with van der Waals surface area (Å²) in [4.78, 5) is 21.1. The monoisotopic (exact) mass is 318 g/mol. The average molecular weight is 318 g/mol. The molecule has 1 atom stereocenters. The van der Waals surface area contributed by atoms with Crippen molar-refractivity contribution in [3.63, 3.8) is 0 Å². The highest BCUT2D eigenvalue weighted by Crippen LogP contribution is 2.20. The van der Waals surface area contributed by atoms with Gasteiger partial charge in [0.2, 0.25) is 11.8 Å². The Morgan fingerprint density at radius 3 is 2.78 bits per heavy atom. The molecule has 1 aromatic heterocycles. The summed E-state index contributed by atoms with van der Waals surface area (Å²) >= 11 is 0. The largest absolute Gasteiger partial charge is 0.481 e. The number of methoxy groups -OCH3 is 1. The Bertz CT molecular complexity index is 539. The Kier molecular flexibility index (Phi) is 5.13. The molecular formula is C17H26N4O2. The summed E-state index contributed by atoms with van der Waals surface area (Å²) in [6, 6.07) is 4.40. The zero-order valence-corrected chi connectivity index (χ0v) is 14.0. The summed E-state index contributed by atoms with van der Waals surface area (Å²) in [6.07, 6.45) is 4.03. The van der Waals surface area contributed by atoms with E-state index in [0.717, 1.165) is 51.1 Å². The Hall–Kier alpha value is -1.66. The van der Waals surface area contributed by atoms with Crippen molar-refractivity contribution in [2.75, 3.05) is 33.3 Å². The fraction of sp³-hybridized carbons (Fsp3) is 0.647. The molecule has 1 saturated heterocycles. The van der Waals surface area contributed by atoms with Gasteiger partial charge in [-0.1, -0.05) is 6.07 Å². The highest BCUT2D eigenvalue weighted by Gasteiger charge is 2.30. The van der Waals surface area contributed by atoms with E-state index in [-0.39, 0.29) is 11.9 Å². The zero-order chi connectivity index (χ0) is 16.2. The van der Waals surface area contributed by atoms with Crippen LogP contribution in [0.1, 0.15) is 25.3 Å². The maximum atomic E-state index is 12.2. The van der Waals surface area contributed by atoms with Crippen molar-refractivity contribution in [2.24, 2.45) is 0 Å². The van der Waals surface area contributed by atoms with Gasteiger partial charge in [-0.15, -0.1) is 0 Å². The third-order valence-corrected chi connectivity index (χ3v) is 4.70. The summed E-state index contributed by atoms with van der Waals surface area (Å²) in [6.45, 7) is 6.60. The molecular weight excluding hydrogens is 292 g/mol.